The summed E-state index contributed by atoms with van der Waals surface area (Å²) in [5.74, 6) is -6.32. The topological polar surface area (TPSA) is 134 Å². The Morgan fingerprint density at radius 3 is 1.10 bits per heavy atom. The van der Waals surface area contributed by atoms with Gasteiger partial charge < -0.3 is 19.7 Å². The average Bonchev–Trinajstić information content (AvgIpc) is 2.75. The number of piperidine rings is 2. The van der Waals surface area contributed by atoms with Gasteiger partial charge in [-0.2, -0.15) is 26.3 Å². The lowest BCUT2D eigenvalue weighted by Gasteiger charge is -2.38. The quantitative estimate of drug-likeness (QED) is 0.412. The minimum atomic E-state index is -4.45. The van der Waals surface area contributed by atoms with Crippen LogP contribution in [0.5, 0.6) is 0 Å². The first kappa shape index (κ1) is 35.1. The highest BCUT2D eigenvalue weighted by molar-refractivity contribution is 5.81. The summed E-state index contributed by atoms with van der Waals surface area (Å²) in [7, 11) is 0. The van der Waals surface area contributed by atoms with E-state index >= 15 is 0 Å². The molecular formula is C24H36F6N2O8. The molecule has 40 heavy (non-hydrogen) atoms. The van der Waals surface area contributed by atoms with Gasteiger partial charge in [-0.1, -0.05) is 0 Å². The maximum Gasteiger partial charge on any atom is 0.411 e. The SMILES string of the molecule is CC(C)(C)OC(=O)N1CC[C@@H](C(F)(F)F)C[C@H]1C(=O)O.CC(C)(C)OC(=O)N1CC[C@H](C(F)(F)F)C[C@@H]1C(=O)O. The Hall–Kier alpha value is -2.94. The molecule has 0 aromatic rings. The van der Waals surface area contributed by atoms with E-state index in [1.54, 1.807) is 41.5 Å². The molecule has 2 N–H and O–H groups in total. The number of halogens is 6. The molecule has 0 aliphatic carbocycles. The highest BCUT2D eigenvalue weighted by atomic mass is 19.4. The van der Waals surface area contributed by atoms with Crippen LogP contribution in [0.3, 0.4) is 0 Å². The summed E-state index contributed by atoms with van der Waals surface area (Å²) in [5, 5.41) is 18.0. The van der Waals surface area contributed by atoms with Gasteiger partial charge >= 0.3 is 36.5 Å². The van der Waals surface area contributed by atoms with E-state index in [0.717, 1.165) is 9.80 Å². The fourth-order valence-electron chi connectivity index (χ4n) is 4.07. The van der Waals surface area contributed by atoms with E-state index in [1.807, 2.05) is 0 Å². The normalized spacial score (nSPS) is 24.4. The molecule has 0 aromatic heterocycles. The van der Waals surface area contributed by atoms with E-state index in [0.29, 0.717) is 0 Å². The zero-order valence-electron chi connectivity index (χ0n) is 23.1. The fourth-order valence-corrected chi connectivity index (χ4v) is 4.07. The Balaban J connectivity index is 0.000000400. The molecule has 0 radical (unpaired) electrons. The number of carbonyl (C=O) groups excluding carboxylic acids is 2. The van der Waals surface area contributed by atoms with Gasteiger partial charge in [0.2, 0.25) is 0 Å². The van der Waals surface area contributed by atoms with Crippen molar-refractivity contribution in [2.24, 2.45) is 11.8 Å². The van der Waals surface area contributed by atoms with Crippen molar-refractivity contribution in [3.63, 3.8) is 0 Å². The number of carboxylic acid groups (broad SMARTS) is 2. The maximum absolute atomic E-state index is 12.6. The first-order chi connectivity index (χ1) is 17.8. The number of likely N-dealkylation sites (tertiary alicyclic amines) is 2. The van der Waals surface area contributed by atoms with Crippen LogP contribution >= 0.6 is 0 Å². The summed E-state index contributed by atoms with van der Waals surface area (Å²) in [6.45, 7) is 9.04. The number of carboxylic acids is 2. The number of hydrogen-bond acceptors (Lipinski definition) is 6. The van der Waals surface area contributed by atoms with E-state index in [4.69, 9.17) is 19.7 Å². The molecule has 2 heterocycles. The number of nitrogens with zero attached hydrogens (tertiary/aromatic N) is 2. The minimum absolute atomic E-state index is 0.282. The van der Waals surface area contributed by atoms with Crippen molar-refractivity contribution >= 4 is 24.1 Å². The summed E-state index contributed by atoms with van der Waals surface area (Å²) in [6, 6.07) is -3.02. The van der Waals surface area contributed by atoms with Gasteiger partial charge in [0.1, 0.15) is 23.3 Å². The number of ether oxygens (including phenoxy) is 2. The summed E-state index contributed by atoms with van der Waals surface area (Å²) in [5.41, 5.74) is -1.66. The van der Waals surface area contributed by atoms with Crippen molar-refractivity contribution in [2.45, 2.75) is 103 Å². The van der Waals surface area contributed by atoms with Gasteiger partial charge in [0, 0.05) is 13.1 Å². The largest absolute Gasteiger partial charge is 0.480 e. The number of aliphatic carboxylic acids is 2. The molecule has 2 aliphatic heterocycles. The summed E-state index contributed by atoms with van der Waals surface area (Å²) < 4.78 is 85.9. The van der Waals surface area contributed by atoms with Crippen LogP contribution < -0.4 is 0 Å². The third kappa shape index (κ3) is 10.9. The summed E-state index contributed by atoms with van der Waals surface area (Å²) >= 11 is 0. The Labute approximate surface area is 227 Å². The lowest BCUT2D eigenvalue weighted by molar-refractivity contribution is -0.192. The average molecular weight is 595 g/mol. The van der Waals surface area contributed by atoms with Crippen LogP contribution in [0.4, 0.5) is 35.9 Å². The number of rotatable bonds is 2. The van der Waals surface area contributed by atoms with Gasteiger partial charge in [-0.25, -0.2) is 19.2 Å². The molecule has 16 heteroatoms. The lowest BCUT2D eigenvalue weighted by atomic mass is 9.90. The lowest BCUT2D eigenvalue weighted by Crippen LogP contribution is -2.53. The third-order valence-electron chi connectivity index (χ3n) is 5.96. The molecule has 232 valence electrons. The second-order valence-electron chi connectivity index (χ2n) is 11.6. The molecule has 4 atom stereocenters. The van der Waals surface area contributed by atoms with Crippen LogP contribution in [0.1, 0.15) is 67.2 Å². The number of amides is 2. The van der Waals surface area contributed by atoms with Crippen molar-refractivity contribution in [3.05, 3.63) is 0 Å². The Kier molecular flexibility index (Phi) is 11.1. The standard InChI is InChI=1S/2C12H18F3NO4/c2*1-11(2,3)20-10(19)16-5-4-7(12(13,14)15)6-8(16)9(17)18/h2*7-8H,4-6H2,1-3H3,(H,17,18)/t2*7-,8+/m10/s1. The molecule has 0 bridgehead atoms. The number of hydrogen-bond donors (Lipinski definition) is 2. The molecular weight excluding hydrogens is 558 g/mol. The van der Waals surface area contributed by atoms with Crippen molar-refractivity contribution < 1.29 is 65.2 Å². The molecule has 0 spiro atoms. The van der Waals surface area contributed by atoms with Gasteiger partial charge in [-0.05, 0) is 67.2 Å². The van der Waals surface area contributed by atoms with Crippen molar-refractivity contribution in [1.82, 2.24) is 9.80 Å². The van der Waals surface area contributed by atoms with Crippen LogP contribution in [0.15, 0.2) is 0 Å². The van der Waals surface area contributed by atoms with Gasteiger partial charge in [-0.3, -0.25) is 9.80 Å². The predicted molar refractivity (Wildman–Crippen MR) is 126 cm³/mol. The molecule has 2 saturated heterocycles. The molecule has 2 aliphatic rings. The van der Waals surface area contributed by atoms with Crippen LogP contribution in [-0.2, 0) is 19.1 Å². The van der Waals surface area contributed by atoms with E-state index in [1.165, 1.54) is 0 Å². The fraction of sp³-hybridized carbons (Fsp3) is 0.833. The first-order valence-electron chi connectivity index (χ1n) is 12.4. The third-order valence-corrected chi connectivity index (χ3v) is 5.96. The Morgan fingerprint density at radius 2 is 0.900 bits per heavy atom. The van der Waals surface area contributed by atoms with Crippen molar-refractivity contribution in [3.8, 4) is 0 Å². The monoisotopic (exact) mass is 594 g/mol. The van der Waals surface area contributed by atoms with E-state index < -0.39 is 84.4 Å². The highest BCUT2D eigenvalue weighted by Gasteiger charge is 2.49. The van der Waals surface area contributed by atoms with Gasteiger partial charge in [0.25, 0.3) is 0 Å². The molecule has 10 nitrogen and oxygen atoms in total. The smallest absolute Gasteiger partial charge is 0.411 e. The van der Waals surface area contributed by atoms with Gasteiger partial charge in [0.05, 0.1) is 11.8 Å². The Bertz CT molecular complexity index is 852. The molecule has 2 amide bonds. The van der Waals surface area contributed by atoms with E-state index in [9.17, 15) is 45.5 Å². The Morgan fingerprint density at radius 1 is 0.625 bits per heavy atom. The zero-order valence-corrected chi connectivity index (χ0v) is 23.1. The number of carbonyl (C=O) groups is 4. The summed E-state index contributed by atoms with van der Waals surface area (Å²) in [6.07, 6.45) is -12.6. The predicted octanol–water partition coefficient (Wildman–Crippen LogP) is 5.30. The van der Waals surface area contributed by atoms with Crippen LogP contribution in [0, 0.1) is 11.8 Å². The first-order valence-corrected chi connectivity index (χ1v) is 12.4. The van der Waals surface area contributed by atoms with Crippen LogP contribution in [-0.4, -0.2) is 92.9 Å². The molecule has 0 saturated carbocycles. The highest BCUT2D eigenvalue weighted by Crippen LogP contribution is 2.38. The minimum Gasteiger partial charge on any atom is -0.480 e. The second-order valence-corrected chi connectivity index (χ2v) is 11.6. The van der Waals surface area contributed by atoms with E-state index in [2.05, 4.69) is 0 Å². The second kappa shape index (κ2) is 12.7. The molecule has 0 unspecified atom stereocenters. The van der Waals surface area contributed by atoms with Crippen molar-refractivity contribution in [2.75, 3.05) is 13.1 Å². The van der Waals surface area contributed by atoms with Crippen LogP contribution in [0.25, 0.3) is 0 Å². The van der Waals surface area contributed by atoms with Crippen molar-refractivity contribution in [1.29, 1.82) is 0 Å². The molecule has 2 rings (SSSR count). The van der Waals surface area contributed by atoms with E-state index in [-0.39, 0.29) is 25.9 Å². The summed E-state index contributed by atoms with van der Waals surface area (Å²) in [4.78, 5) is 47.6. The van der Waals surface area contributed by atoms with Gasteiger partial charge in [-0.15, -0.1) is 0 Å². The zero-order chi connectivity index (χ0) is 31.4. The van der Waals surface area contributed by atoms with Crippen LogP contribution in [0.2, 0.25) is 0 Å². The maximum atomic E-state index is 12.6. The number of alkyl halides is 6. The molecule has 2 fully saturated rings. The molecule has 0 aromatic carbocycles. The van der Waals surface area contributed by atoms with Gasteiger partial charge in [0.15, 0.2) is 0 Å².